The molecule has 1 amide bonds. The molecule has 0 radical (unpaired) electrons. The Morgan fingerprint density at radius 3 is 2.40 bits per heavy atom. The number of amides is 1. The van der Waals surface area contributed by atoms with E-state index in [1.165, 1.54) is 19.2 Å². The summed E-state index contributed by atoms with van der Waals surface area (Å²) in [6.45, 7) is 1.89. The lowest BCUT2D eigenvalue weighted by atomic mass is 10.1. The molecule has 0 aliphatic heterocycles. The van der Waals surface area contributed by atoms with Crippen molar-refractivity contribution in [1.82, 2.24) is 0 Å². The second kappa shape index (κ2) is 9.69. The van der Waals surface area contributed by atoms with E-state index < -0.39 is 23.8 Å². The molecule has 154 valence electrons. The highest BCUT2D eigenvalue weighted by Gasteiger charge is 2.26. The van der Waals surface area contributed by atoms with Crippen LogP contribution in [0.4, 0.5) is 10.1 Å². The van der Waals surface area contributed by atoms with Crippen LogP contribution >= 0.6 is 0 Å². The molecule has 0 fully saturated rings. The molecule has 0 aromatic heterocycles. The van der Waals surface area contributed by atoms with Crippen LogP contribution in [-0.4, -0.2) is 19.0 Å². The lowest BCUT2D eigenvalue weighted by molar-refractivity contribution is -0.154. The first-order valence-corrected chi connectivity index (χ1v) is 9.41. The molecule has 5 nitrogen and oxygen atoms in total. The molecule has 0 aliphatic carbocycles. The number of nitrogens with one attached hydrogen (secondary N) is 1. The Morgan fingerprint density at radius 2 is 1.70 bits per heavy atom. The lowest BCUT2D eigenvalue weighted by Crippen LogP contribution is -2.26. The van der Waals surface area contributed by atoms with Crippen LogP contribution in [0.3, 0.4) is 0 Å². The molecule has 0 heterocycles. The van der Waals surface area contributed by atoms with E-state index in [1.807, 2.05) is 13.0 Å². The summed E-state index contributed by atoms with van der Waals surface area (Å²) >= 11 is 0. The summed E-state index contributed by atoms with van der Waals surface area (Å²) < 4.78 is 24.6. The average molecular weight is 407 g/mol. The van der Waals surface area contributed by atoms with E-state index in [1.54, 1.807) is 54.6 Å². The number of hydrogen-bond donors (Lipinski definition) is 1. The highest BCUT2D eigenvalue weighted by atomic mass is 19.1. The van der Waals surface area contributed by atoms with Crippen LogP contribution in [0.1, 0.15) is 22.8 Å². The monoisotopic (exact) mass is 407 g/mol. The molecule has 1 N–H and O–H groups in total. The molecule has 3 rings (SSSR count). The molecule has 6 heteroatoms. The summed E-state index contributed by atoms with van der Waals surface area (Å²) in [5.41, 5.74) is 2.10. The van der Waals surface area contributed by atoms with Crippen molar-refractivity contribution in [2.75, 3.05) is 12.4 Å². The van der Waals surface area contributed by atoms with Gasteiger partial charge >= 0.3 is 5.97 Å². The van der Waals surface area contributed by atoms with E-state index in [-0.39, 0.29) is 12.0 Å². The summed E-state index contributed by atoms with van der Waals surface area (Å²) in [6, 6.07) is 20.0. The van der Waals surface area contributed by atoms with E-state index >= 15 is 0 Å². The fraction of sp³-hybridized carbons (Fsp3) is 0.167. The fourth-order valence-electron chi connectivity index (χ4n) is 2.99. The molecular formula is C24H22FNO4. The number of aryl methyl sites for hydroxylation is 1. The summed E-state index contributed by atoms with van der Waals surface area (Å²) in [5, 5.41) is 2.77. The zero-order valence-corrected chi connectivity index (χ0v) is 16.7. The first-order chi connectivity index (χ1) is 14.5. The number of benzene rings is 3. The van der Waals surface area contributed by atoms with Crippen molar-refractivity contribution in [3.05, 3.63) is 95.3 Å². The third kappa shape index (κ3) is 5.23. The fourth-order valence-corrected chi connectivity index (χ4v) is 2.99. The average Bonchev–Trinajstić information content (AvgIpc) is 2.74. The van der Waals surface area contributed by atoms with Crippen molar-refractivity contribution in [2.45, 2.75) is 19.4 Å². The highest BCUT2D eigenvalue weighted by molar-refractivity contribution is 5.97. The van der Waals surface area contributed by atoms with Crippen LogP contribution < -0.4 is 10.1 Å². The van der Waals surface area contributed by atoms with Gasteiger partial charge in [-0.3, -0.25) is 9.59 Å². The Labute approximate surface area is 174 Å². The number of carbonyl (C=O) groups is 2. The standard InChI is InChI=1S/C24H22FNO4/c1-16-12-13-21(29-2)20(14-16)26-24(28)23(17-8-4-3-5-9-17)30-22(27)15-18-10-6-7-11-19(18)25/h3-14,23H,15H2,1-2H3,(H,26,28)/t23-/m0/s1. The molecule has 30 heavy (non-hydrogen) atoms. The third-order valence-corrected chi connectivity index (χ3v) is 4.50. The van der Waals surface area contributed by atoms with Crippen LogP contribution in [0.15, 0.2) is 72.8 Å². The van der Waals surface area contributed by atoms with Crippen molar-refractivity contribution < 1.29 is 23.5 Å². The minimum Gasteiger partial charge on any atom is -0.495 e. The molecule has 0 bridgehead atoms. The summed E-state index contributed by atoms with van der Waals surface area (Å²) in [6.07, 6.45) is -1.48. The minimum absolute atomic E-state index is 0.204. The van der Waals surface area contributed by atoms with Crippen molar-refractivity contribution in [3.8, 4) is 5.75 Å². The Bertz CT molecular complexity index is 1040. The molecule has 1 atom stereocenters. The number of methoxy groups -OCH3 is 1. The smallest absolute Gasteiger partial charge is 0.311 e. The van der Waals surface area contributed by atoms with Gasteiger partial charge in [-0.25, -0.2) is 4.39 Å². The number of halogens is 1. The number of esters is 1. The van der Waals surface area contributed by atoms with Crippen LogP contribution in [0.25, 0.3) is 0 Å². The van der Waals surface area contributed by atoms with Gasteiger partial charge in [-0.1, -0.05) is 54.6 Å². The van der Waals surface area contributed by atoms with Crippen molar-refractivity contribution in [3.63, 3.8) is 0 Å². The Morgan fingerprint density at radius 1 is 1.00 bits per heavy atom. The number of carbonyl (C=O) groups excluding carboxylic acids is 2. The normalized spacial score (nSPS) is 11.4. The number of anilines is 1. The van der Waals surface area contributed by atoms with Crippen LogP contribution in [0.5, 0.6) is 5.75 Å². The maximum Gasteiger partial charge on any atom is 0.311 e. The Hall–Kier alpha value is -3.67. The van der Waals surface area contributed by atoms with Gasteiger partial charge in [0.1, 0.15) is 11.6 Å². The van der Waals surface area contributed by atoms with Crippen LogP contribution in [-0.2, 0) is 20.7 Å². The van der Waals surface area contributed by atoms with Crippen molar-refractivity contribution in [2.24, 2.45) is 0 Å². The van der Waals surface area contributed by atoms with Crippen LogP contribution in [0.2, 0.25) is 0 Å². The van der Waals surface area contributed by atoms with Gasteiger partial charge < -0.3 is 14.8 Å². The molecule has 3 aromatic rings. The summed E-state index contributed by atoms with van der Waals surface area (Å²) in [5.74, 6) is -1.26. The SMILES string of the molecule is COc1ccc(C)cc1NC(=O)[C@@H](OC(=O)Cc1ccccc1F)c1ccccc1. The molecule has 0 aliphatic rings. The van der Waals surface area contributed by atoms with Gasteiger partial charge in [-0.15, -0.1) is 0 Å². The quantitative estimate of drug-likeness (QED) is 0.581. The highest BCUT2D eigenvalue weighted by Crippen LogP contribution is 2.28. The zero-order valence-electron chi connectivity index (χ0n) is 16.7. The minimum atomic E-state index is -1.20. The van der Waals surface area contributed by atoms with Gasteiger partial charge in [0, 0.05) is 5.56 Å². The predicted octanol–water partition coefficient (Wildman–Crippen LogP) is 4.61. The molecule has 0 spiro atoms. The molecule has 0 unspecified atom stereocenters. The molecular weight excluding hydrogens is 385 g/mol. The topological polar surface area (TPSA) is 64.6 Å². The van der Waals surface area contributed by atoms with Gasteiger partial charge in [-0.2, -0.15) is 0 Å². The lowest BCUT2D eigenvalue weighted by Gasteiger charge is -2.19. The second-order valence-corrected chi connectivity index (χ2v) is 6.74. The van der Waals surface area contributed by atoms with E-state index in [2.05, 4.69) is 5.32 Å². The van der Waals surface area contributed by atoms with Gasteiger partial charge in [0.05, 0.1) is 19.2 Å². The zero-order chi connectivity index (χ0) is 21.5. The second-order valence-electron chi connectivity index (χ2n) is 6.74. The first-order valence-electron chi connectivity index (χ1n) is 9.41. The van der Waals surface area contributed by atoms with E-state index in [0.717, 1.165) is 5.56 Å². The van der Waals surface area contributed by atoms with E-state index in [0.29, 0.717) is 17.0 Å². The van der Waals surface area contributed by atoms with Crippen molar-refractivity contribution >= 4 is 17.6 Å². The maximum absolute atomic E-state index is 13.9. The van der Waals surface area contributed by atoms with Crippen molar-refractivity contribution in [1.29, 1.82) is 0 Å². The molecule has 3 aromatic carbocycles. The number of hydrogen-bond acceptors (Lipinski definition) is 4. The van der Waals surface area contributed by atoms with Gasteiger partial charge in [0.25, 0.3) is 5.91 Å². The third-order valence-electron chi connectivity index (χ3n) is 4.50. The van der Waals surface area contributed by atoms with E-state index in [9.17, 15) is 14.0 Å². The van der Waals surface area contributed by atoms with Gasteiger partial charge in [0.2, 0.25) is 6.10 Å². The Balaban J connectivity index is 1.82. The molecule has 0 saturated carbocycles. The van der Waals surface area contributed by atoms with Gasteiger partial charge in [-0.05, 0) is 36.2 Å². The van der Waals surface area contributed by atoms with Gasteiger partial charge in [0.15, 0.2) is 0 Å². The number of rotatable bonds is 7. The number of ether oxygens (including phenoxy) is 2. The van der Waals surface area contributed by atoms with E-state index in [4.69, 9.17) is 9.47 Å². The summed E-state index contributed by atoms with van der Waals surface area (Å²) in [4.78, 5) is 25.5. The van der Waals surface area contributed by atoms with Crippen LogP contribution in [0, 0.1) is 12.7 Å². The summed E-state index contributed by atoms with van der Waals surface area (Å²) in [7, 11) is 1.50. The molecule has 0 saturated heterocycles. The Kier molecular flexibility index (Phi) is 6.80. The largest absolute Gasteiger partial charge is 0.495 e. The maximum atomic E-state index is 13.9. The first kappa shape index (κ1) is 21.0. The predicted molar refractivity (Wildman–Crippen MR) is 112 cm³/mol.